The normalized spacial score (nSPS) is 10.8. The molecule has 106 valence electrons. The van der Waals surface area contributed by atoms with Gasteiger partial charge in [-0.3, -0.25) is 0 Å². The van der Waals surface area contributed by atoms with Gasteiger partial charge in [0.25, 0.3) is 0 Å². The van der Waals surface area contributed by atoms with E-state index in [0.29, 0.717) is 0 Å². The van der Waals surface area contributed by atoms with E-state index in [4.69, 9.17) is 16.3 Å². The first-order valence-electron chi connectivity index (χ1n) is 7.08. The Bertz CT molecular complexity index is 793. The fourth-order valence-electron chi connectivity index (χ4n) is 2.71. The summed E-state index contributed by atoms with van der Waals surface area (Å²) >= 11 is 6.32. The number of methoxy groups -OCH3 is 1. The second-order valence-electron chi connectivity index (χ2n) is 5.05. The van der Waals surface area contributed by atoms with E-state index in [-0.39, 0.29) is 0 Å². The van der Waals surface area contributed by atoms with Crippen LogP contribution in [0.15, 0.2) is 54.6 Å². The Balaban J connectivity index is 2.16. The van der Waals surface area contributed by atoms with Gasteiger partial charge in [0.05, 0.1) is 7.11 Å². The van der Waals surface area contributed by atoms with E-state index in [1.54, 1.807) is 7.11 Å². The predicted octanol–water partition coefficient (Wildman–Crippen LogP) is 5.73. The number of rotatable bonds is 3. The minimum Gasteiger partial charge on any atom is -0.497 e. The number of benzene rings is 3. The molecule has 0 radical (unpaired) electrons. The summed E-state index contributed by atoms with van der Waals surface area (Å²) in [6.07, 6.45) is 0.926. The molecule has 0 aliphatic carbocycles. The Kier molecular flexibility index (Phi) is 3.85. The van der Waals surface area contributed by atoms with Gasteiger partial charge in [0, 0.05) is 5.02 Å². The summed E-state index contributed by atoms with van der Waals surface area (Å²) in [6.45, 7) is 2.14. The second-order valence-corrected chi connectivity index (χ2v) is 5.45. The molecule has 3 aromatic rings. The van der Waals surface area contributed by atoms with Crippen LogP contribution in [0.3, 0.4) is 0 Å². The molecule has 0 atom stereocenters. The Morgan fingerprint density at radius 2 is 1.71 bits per heavy atom. The fourth-order valence-corrected chi connectivity index (χ4v) is 3.01. The van der Waals surface area contributed by atoms with Crippen LogP contribution in [-0.2, 0) is 6.42 Å². The lowest BCUT2D eigenvalue weighted by molar-refractivity contribution is 0.415. The molecule has 0 saturated carbocycles. The molecule has 0 heterocycles. The molecule has 21 heavy (non-hydrogen) atoms. The number of ether oxygens (including phenoxy) is 1. The van der Waals surface area contributed by atoms with Crippen LogP contribution in [0.4, 0.5) is 0 Å². The van der Waals surface area contributed by atoms with E-state index in [2.05, 4.69) is 43.3 Å². The van der Waals surface area contributed by atoms with Crippen LogP contribution in [0, 0.1) is 0 Å². The summed E-state index contributed by atoms with van der Waals surface area (Å²) in [7, 11) is 1.69. The lowest BCUT2D eigenvalue weighted by Gasteiger charge is -2.11. The molecule has 0 aromatic heterocycles. The molecule has 0 spiro atoms. The zero-order chi connectivity index (χ0) is 14.8. The molecule has 3 aromatic carbocycles. The SMILES string of the molecule is CCc1c(Cl)cccc1-c1ccc2cc(OC)ccc2c1. The van der Waals surface area contributed by atoms with E-state index in [1.807, 2.05) is 18.2 Å². The number of hydrogen-bond acceptors (Lipinski definition) is 1. The van der Waals surface area contributed by atoms with Crippen LogP contribution in [0.1, 0.15) is 12.5 Å². The van der Waals surface area contributed by atoms with Crippen LogP contribution >= 0.6 is 11.6 Å². The molecule has 0 bridgehead atoms. The third-order valence-electron chi connectivity index (χ3n) is 3.83. The van der Waals surface area contributed by atoms with Crippen molar-refractivity contribution in [3.05, 3.63) is 65.2 Å². The van der Waals surface area contributed by atoms with Crippen LogP contribution in [0.5, 0.6) is 5.75 Å². The van der Waals surface area contributed by atoms with E-state index in [9.17, 15) is 0 Å². The Morgan fingerprint density at radius 3 is 2.48 bits per heavy atom. The smallest absolute Gasteiger partial charge is 0.119 e. The largest absolute Gasteiger partial charge is 0.497 e. The number of fused-ring (bicyclic) bond motifs is 1. The highest BCUT2D eigenvalue weighted by molar-refractivity contribution is 6.31. The zero-order valence-electron chi connectivity index (χ0n) is 12.2. The Labute approximate surface area is 130 Å². The van der Waals surface area contributed by atoms with Crippen molar-refractivity contribution in [3.8, 4) is 16.9 Å². The van der Waals surface area contributed by atoms with Gasteiger partial charge in [0.1, 0.15) is 5.75 Å². The molecule has 0 aliphatic heterocycles. The molecule has 0 amide bonds. The van der Waals surface area contributed by atoms with Gasteiger partial charge >= 0.3 is 0 Å². The molecule has 3 rings (SSSR count). The molecule has 0 N–H and O–H groups in total. The van der Waals surface area contributed by atoms with Crippen molar-refractivity contribution in [2.75, 3.05) is 7.11 Å². The summed E-state index contributed by atoms with van der Waals surface area (Å²) in [4.78, 5) is 0. The van der Waals surface area contributed by atoms with Crippen LogP contribution in [0.2, 0.25) is 5.02 Å². The van der Waals surface area contributed by atoms with Crippen molar-refractivity contribution < 1.29 is 4.74 Å². The number of halogens is 1. The van der Waals surface area contributed by atoms with E-state index >= 15 is 0 Å². The molecular formula is C19H17ClO. The van der Waals surface area contributed by atoms with Crippen molar-refractivity contribution in [2.45, 2.75) is 13.3 Å². The molecule has 0 fully saturated rings. The van der Waals surface area contributed by atoms with E-state index in [1.165, 1.54) is 27.5 Å². The van der Waals surface area contributed by atoms with E-state index < -0.39 is 0 Å². The summed E-state index contributed by atoms with van der Waals surface area (Å²) in [6, 6.07) is 18.7. The van der Waals surface area contributed by atoms with Crippen LogP contribution < -0.4 is 4.74 Å². The van der Waals surface area contributed by atoms with Gasteiger partial charge in [-0.15, -0.1) is 0 Å². The van der Waals surface area contributed by atoms with Gasteiger partial charge in [-0.25, -0.2) is 0 Å². The van der Waals surface area contributed by atoms with Crippen molar-refractivity contribution >= 4 is 22.4 Å². The lowest BCUT2D eigenvalue weighted by Crippen LogP contribution is -1.89. The minimum absolute atomic E-state index is 0.838. The maximum atomic E-state index is 6.32. The highest BCUT2D eigenvalue weighted by Gasteiger charge is 2.08. The maximum Gasteiger partial charge on any atom is 0.119 e. The maximum absolute atomic E-state index is 6.32. The Hall–Kier alpha value is -1.99. The molecule has 0 unspecified atom stereocenters. The summed E-state index contributed by atoms with van der Waals surface area (Å²) in [5.74, 6) is 0.882. The van der Waals surface area contributed by atoms with Crippen molar-refractivity contribution in [1.29, 1.82) is 0 Å². The van der Waals surface area contributed by atoms with Gasteiger partial charge in [0.15, 0.2) is 0 Å². The minimum atomic E-state index is 0.838. The average Bonchev–Trinajstić information content (AvgIpc) is 2.53. The highest BCUT2D eigenvalue weighted by Crippen LogP contribution is 2.32. The molecule has 1 nitrogen and oxygen atoms in total. The second kappa shape index (κ2) is 5.79. The zero-order valence-corrected chi connectivity index (χ0v) is 12.9. The molecule has 0 saturated heterocycles. The topological polar surface area (TPSA) is 9.23 Å². The van der Waals surface area contributed by atoms with E-state index in [0.717, 1.165) is 17.2 Å². The van der Waals surface area contributed by atoms with Gasteiger partial charge < -0.3 is 4.74 Å². The summed E-state index contributed by atoms with van der Waals surface area (Å²) in [5.41, 5.74) is 3.61. The average molecular weight is 297 g/mol. The first-order valence-corrected chi connectivity index (χ1v) is 7.46. The highest BCUT2D eigenvalue weighted by atomic mass is 35.5. The monoisotopic (exact) mass is 296 g/mol. The summed E-state index contributed by atoms with van der Waals surface area (Å²) in [5, 5.41) is 3.22. The van der Waals surface area contributed by atoms with Gasteiger partial charge in [0.2, 0.25) is 0 Å². The molecular weight excluding hydrogens is 280 g/mol. The van der Waals surface area contributed by atoms with Gasteiger partial charge in [-0.05, 0) is 58.1 Å². The summed E-state index contributed by atoms with van der Waals surface area (Å²) < 4.78 is 5.27. The lowest BCUT2D eigenvalue weighted by atomic mass is 9.96. The molecule has 0 aliphatic rings. The third-order valence-corrected chi connectivity index (χ3v) is 4.18. The first kappa shape index (κ1) is 14.0. The quantitative estimate of drug-likeness (QED) is 0.599. The predicted molar refractivity (Wildman–Crippen MR) is 90.3 cm³/mol. The Morgan fingerprint density at radius 1 is 0.952 bits per heavy atom. The standard InChI is InChI=1S/C19H17ClO/c1-3-17-18(5-4-6-19(17)20)15-8-7-14-12-16(21-2)10-9-13(14)11-15/h4-12H,3H2,1-2H3. The third kappa shape index (κ3) is 2.62. The van der Waals surface area contributed by atoms with Crippen molar-refractivity contribution in [2.24, 2.45) is 0 Å². The first-order chi connectivity index (χ1) is 10.2. The number of hydrogen-bond donors (Lipinski definition) is 0. The van der Waals surface area contributed by atoms with Crippen LogP contribution in [-0.4, -0.2) is 7.11 Å². The van der Waals surface area contributed by atoms with Gasteiger partial charge in [-0.2, -0.15) is 0 Å². The fraction of sp³-hybridized carbons (Fsp3) is 0.158. The molecule has 2 heteroatoms. The van der Waals surface area contributed by atoms with Crippen molar-refractivity contribution in [1.82, 2.24) is 0 Å². The van der Waals surface area contributed by atoms with Gasteiger partial charge in [-0.1, -0.05) is 48.9 Å². The van der Waals surface area contributed by atoms with Crippen molar-refractivity contribution in [3.63, 3.8) is 0 Å². The van der Waals surface area contributed by atoms with Crippen LogP contribution in [0.25, 0.3) is 21.9 Å².